The lowest BCUT2D eigenvalue weighted by atomic mass is 10.2. The van der Waals surface area contributed by atoms with Crippen LogP contribution in [0, 0.1) is 5.92 Å². The highest BCUT2D eigenvalue weighted by molar-refractivity contribution is 15.0. The van der Waals surface area contributed by atoms with Crippen molar-refractivity contribution >= 4 is 37.2 Å². The molecule has 0 aliphatic carbocycles. The van der Waals surface area contributed by atoms with Gasteiger partial charge in [-0.15, -0.1) is 0 Å². The summed E-state index contributed by atoms with van der Waals surface area (Å²) in [5, 5.41) is 31.1. The van der Waals surface area contributed by atoms with E-state index in [9.17, 15) is 0 Å². The molecular weight excluding hydrogens is 506 g/mol. The summed E-state index contributed by atoms with van der Waals surface area (Å²) in [5.74, 6) is -0.111. The van der Waals surface area contributed by atoms with Crippen LogP contribution < -0.4 is 0 Å². The highest BCUT2D eigenvalue weighted by atomic mass is 128. The smallest absolute Gasteiger partial charge is 0.140 e. The molecule has 0 saturated heterocycles. The monoisotopic (exact) mass is 546 g/mol. The Morgan fingerprint density at radius 2 is 1.05 bits per heavy atom. The molecule has 0 fully saturated rings. The Morgan fingerprint density at radius 1 is 0.810 bits per heavy atom. The lowest BCUT2D eigenvalue weighted by molar-refractivity contribution is 0.0710. The van der Waals surface area contributed by atoms with Crippen LogP contribution in [-0.4, -0.2) is 67.9 Å². The summed E-state index contributed by atoms with van der Waals surface area (Å²) in [7, 11) is 3.22. The van der Waals surface area contributed by atoms with E-state index in [1.54, 1.807) is 14.2 Å². The van der Waals surface area contributed by atoms with Crippen LogP contribution in [0.1, 0.15) is 36.6 Å². The van der Waals surface area contributed by atoms with Crippen LogP contribution in [0.2, 0.25) is 0 Å². The Balaban J connectivity index is -0.0000000190. The molecule has 0 aromatic carbocycles. The fraction of sp³-hybridized carbons (Fsp3) is 1.00. The molecule has 0 aromatic rings. The Kier molecular flexibility index (Phi) is 162. The predicted molar refractivity (Wildman–Crippen MR) is 111 cm³/mol. The highest BCUT2D eigenvalue weighted by Crippen LogP contribution is 1.91. The van der Waals surface area contributed by atoms with Crippen molar-refractivity contribution in [3.63, 3.8) is 0 Å². The van der Waals surface area contributed by atoms with E-state index < -0.39 is 6.79 Å². The average Bonchev–Trinajstić information content (AvgIpc) is 2.39. The van der Waals surface area contributed by atoms with Crippen molar-refractivity contribution in [2.45, 2.75) is 36.6 Å². The van der Waals surface area contributed by atoms with Gasteiger partial charge in [0, 0.05) is 64.0 Å². The maximum absolute atomic E-state index is 8.42. The van der Waals surface area contributed by atoms with Gasteiger partial charge < -0.3 is 29.9 Å². The third-order valence-corrected chi connectivity index (χ3v) is 1.21. The van der Waals surface area contributed by atoms with Crippen molar-refractivity contribution < 1.29 is 29.9 Å². The van der Waals surface area contributed by atoms with Gasteiger partial charge in [-0.25, -0.2) is 0 Å². The molecule has 0 saturated carbocycles. The lowest BCUT2D eigenvalue weighted by Crippen LogP contribution is -2.16. The number of ether oxygens (including phenoxy) is 2. The first kappa shape index (κ1) is 49.5. The Labute approximate surface area is 156 Å². The first-order chi connectivity index (χ1) is 8.17. The Bertz CT molecular complexity index is 87.1. The zero-order valence-corrected chi connectivity index (χ0v) is 14.8. The fourth-order valence-electron chi connectivity index (χ4n) is 0.399. The second-order valence-corrected chi connectivity index (χ2v) is 2.41. The van der Waals surface area contributed by atoms with Gasteiger partial charge in [-0.3, -0.25) is 0 Å². The molecule has 0 spiro atoms. The van der Waals surface area contributed by atoms with E-state index in [2.05, 4.69) is 46.7 Å². The zero-order valence-electron chi connectivity index (χ0n) is 10.5. The second kappa shape index (κ2) is 68.9. The summed E-state index contributed by atoms with van der Waals surface area (Å²) in [6.07, 6.45) is 0. The predicted octanol–water partition coefficient (Wildman–Crippen LogP) is 3.13. The standard InChI is InChI=1S/C5H12O3.C3H8O.CH4O2.4CH4.I2/c1-8-4-5(2-6)3-7;1-3-4-2;2-1-3;;;;;1-2/h5-7H,2-4H2,1H3;3H2,1-2H3;2-3H,1H2;4*1H4;. The maximum Gasteiger partial charge on any atom is 0.140 e. The number of hydrogen-bond donors (Lipinski definition) is 4. The minimum absolute atomic E-state index is 0. The van der Waals surface area contributed by atoms with Gasteiger partial charge in [0.05, 0.1) is 19.8 Å². The van der Waals surface area contributed by atoms with Crippen molar-refractivity contribution in [2.75, 3.05) is 47.4 Å². The van der Waals surface area contributed by atoms with Gasteiger partial charge in [0.15, 0.2) is 0 Å². The molecular formula is C13H40I2O6. The first-order valence-corrected chi connectivity index (χ1v) is 11.0. The van der Waals surface area contributed by atoms with Gasteiger partial charge in [0.25, 0.3) is 0 Å². The summed E-state index contributed by atoms with van der Waals surface area (Å²) in [5.41, 5.74) is 0. The van der Waals surface area contributed by atoms with E-state index in [-0.39, 0.29) is 48.8 Å². The average molecular weight is 546 g/mol. The number of halogens is 2. The number of hydrogen-bond acceptors (Lipinski definition) is 6. The summed E-state index contributed by atoms with van der Waals surface area (Å²) in [4.78, 5) is 0. The van der Waals surface area contributed by atoms with E-state index in [1.165, 1.54) is 0 Å². The first-order valence-electron chi connectivity index (χ1n) is 4.73. The molecule has 0 heterocycles. The molecule has 6 nitrogen and oxygen atoms in total. The molecule has 0 amide bonds. The van der Waals surface area contributed by atoms with Gasteiger partial charge in [0.1, 0.15) is 6.79 Å². The van der Waals surface area contributed by atoms with Crippen LogP contribution in [-0.2, 0) is 9.47 Å². The van der Waals surface area contributed by atoms with Crippen LogP contribution in [0.3, 0.4) is 0 Å². The molecule has 0 radical (unpaired) electrons. The SMILES string of the molecule is C.C.C.C.CCOC.COCC(CO)CO.II.OCO. The van der Waals surface area contributed by atoms with E-state index in [1.807, 2.05) is 6.92 Å². The van der Waals surface area contributed by atoms with Crippen molar-refractivity contribution in [1.82, 2.24) is 0 Å². The van der Waals surface area contributed by atoms with E-state index >= 15 is 0 Å². The van der Waals surface area contributed by atoms with Crippen LogP contribution in [0.5, 0.6) is 0 Å². The molecule has 4 N–H and O–H groups in total. The number of aliphatic hydroxyl groups is 4. The Morgan fingerprint density at radius 3 is 1.10 bits per heavy atom. The molecule has 0 aliphatic heterocycles. The number of methoxy groups -OCH3 is 2. The second-order valence-electron chi connectivity index (χ2n) is 2.41. The van der Waals surface area contributed by atoms with Crippen LogP contribution in [0.25, 0.3) is 0 Å². The third-order valence-electron chi connectivity index (χ3n) is 1.21. The minimum atomic E-state index is -0.750. The van der Waals surface area contributed by atoms with Gasteiger partial charge in [-0.2, -0.15) is 0 Å². The molecule has 0 rings (SSSR count). The van der Waals surface area contributed by atoms with E-state index in [4.69, 9.17) is 20.4 Å². The van der Waals surface area contributed by atoms with Crippen molar-refractivity contribution in [3.05, 3.63) is 0 Å². The zero-order chi connectivity index (χ0) is 14.5. The molecule has 0 aliphatic rings. The topological polar surface area (TPSA) is 99.4 Å². The van der Waals surface area contributed by atoms with E-state index in [0.717, 1.165) is 6.61 Å². The highest BCUT2D eigenvalue weighted by Gasteiger charge is 2.02. The summed E-state index contributed by atoms with van der Waals surface area (Å²) < 4.78 is 9.21. The van der Waals surface area contributed by atoms with Gasteiger partial charge in [-0.05, 0) is 6.92 Å². The number of aliphatic hydroxyl groups excluding tert-OH is 3. The molecule has 0 bridgehead atoms. The van der Waals surface area contributed by atoms with Crippen LogP contribution in [0.15, 0.2) is 0 Å². The molecule has 0 atom stereocenters. The molecule has 0 unspecified atom stereocenters. The minimum Gasteiger partial charge on any atom is -0.396 e. The van der Waals surface area contributed by atoms with Crippen LogP contribution >= 0.6 is 37.2 Å². The van der Waals surface area contributed by atoms with Gasteiger partial charge >= 0.3 is 0 Å². The summed E-state index contributed by atoms with van der Waals surface area (Å²) in [6, 6.07) is 0. The molecule has 8 heteroatoms. The lowest BCUT2D eigenvalue weighted by Gasteiger charge is -2.06. The maximum atomic E-state index is 8.42. The van der Waals surface area contributed by atoms with Crippen molar-refractivity contribution in [1.29, 1.82) is 0 Å². The number of rotatable bonds is 5. The van der Waals surface area contributed by atoms with E-state index in [0.29, 0.717) is 6.61 Å². The third kappa shape index (κ3) is 92.2. The molecule has 142 valence electrons. The summed E-state index contributed by atoms with van der Waals surface area (Å²) >= 11 is 4.24. The largest absolute Gasteiger partial charge is 0.396 e. The van der Waals surface area contributed by atoms with Gasteiger partial charge in [-0.1, -0.05) is 29.7 Å². The van der Waals surface area contributed by atoms with Crippen molar-refractivity contribution in [2.24, 2.45) is 5.92 Å². The van der Waals surface area contributed by atoms with Gasteiger partial charge in [0.2, 0.25) is 0 Å². The quantitative estimate of drug-likeness (QED) is 0.313. The fourth-order valence-corrected chi connectivity index (χ4v) is 0.399. The normalized spacial score (nSPS) is 6.57. The van der Waals surface area contributed by atoms with Crippen LogP contribution in [0.4, 0.5) is 0 Å². The molecule has 0 aromatic heterocycles. The molecule has 21 heavy (non-hydrogen) atoms. The van der Waals surface area contributed by atoms with Crippen molar-refractivity contribution in [3.8, 4) is 0 Å². The Hall–Kier alpha value is 1.22. The summed E-state index contributed by atoms with van der Waals surface area (Å²) in [6.45, 7) is 2.43.